The van der Waals surface area contributed by atoms with E-state index in [9.17, 15) is 4.39 Å². The van der Waals surface area contributed by atoms with Gasteiger partial charge in [-0.2, -0.15) is 4.98 Å². The van der Waals surface area contributed by atoms with Crippen molar-refractivity contribution in [3.63, 3.8) is 0 Å². The van der Waals surface area contributed by atoms with Crippen LogP contribution in [0.5, 0.6) is 0 Å². The van der Waals surface area contributed by atoms with E-state index >= 15 is 0 Å². The van der Waals surface area contributed by atoms with E-state index in [1.807, 2.05) is 43.3 Å². The largest absolute Gasteiger partial charge is 0.354 e. The molecule has 0 aliphatic rings. The minimum absolute atomic E-state index is 0.197. The van der Waals surface area contributed by atoms with E-state index in [0.717, 1.165) is 11.4 Å². The van der Waals surface area contributed by atoms with Gasteiger partial charge < -0.3 is 10.6 Å². The highest BCUT2D eigenvalue weighted by atomic mass is 35.5. The van der Waals surface area contributed by atoms with E-state index < -0.39 is 0 Å². The standard InChI is InChI=1S/C19H18ClFN4/c1-13-11-18(24-16-7-4-6-15(20)12-16)25-19(23-13)22-10-9-14-5-2-3-8-17(14)21/h2-8,11-12H,9-10H2,1H3,(H2,22,23,24,25). The number of halogens is 2. The summed E-state index contributed by atoms with van der Waals surface area (Å²) in [5, 5.41) is 7.00. The van der Waals surface area contributed by atoms with Crippen molar-refractivity contribution in [2.75, 3.05) is 17.2 Å². The van der Waals surface area contributed by atoms with Gasteiger partial charge >= 0.3 is 0 Å². The van der Waals surface area contributed by atoms with Crippen molar-refractivity contribution in [1.82, 2.24) is 9.97 Å². The van der Waals surface area contributed by atoms with Crippen LogP contribution in [0.25, 0.3) is 0 Å². The number of nitrogens with zero attached hydrogens (tertiary/aromatic N) is 2. The van der Waals surface area contributed by atoms with Crippen LogP contribution in [0.2, 0.25) is 5.02 Å². The van der Waals surface area contributed by atoms with E-state index in [4.69, 9.17) is 11.6 Å². The second-order valence-electron chi connectivity index (χ2n) is 5.62. The summed E-state index contributed by atoms with van der Waals surface area (Å²) in [5.41, 5.74) is 2.34. The van der Waals surface area contributed by atoms with Crippen LogP contribution in [-0.2, 0) is 6.42 Å². The molecular weight excluding hydrogens is 339 g/mol. The number of aromatic nitrogens is 2. The molecule has 0 aliphatic carbocycles. The molecular formula is C19H18ClFN4. The van der Waals surface area contributed by atoms with Gasteiger partial charge in [0.15, 0.2) is 0 Å². The van der Waals surface area contributed by atoms with Crippen LogP contribution in [0.15, 0.2) is 54.6 Å². The van der Waals surface area contributed by atoms with Gasteiger partial charge in [0.1, 0.15) is 11.6 Å². The Balaban J connectivity index is 1.66. The van der Waals surface area contributed by atoms with Crippen LogP contribution in [0.3, 0.4) is 0 Å². The zero-order chi connectivity index (χ0) is 17.6. The second kappa shape index (κ2) is 7.94. The van der Waals surface area contributed by atoms with Gasteiger partial charge in [-0.05, 0) is 43.2 Å². The number of benzene rings is 2. The Morgan fingerprint density at radius 2 is 1.88 bits per heavy atom. The molecule has 0 fully saturated rings. The lowest BCUT2D eigenvalue weighted by atomic mass is 10.1. The minimum atomic E-state index is -0.197. The fourth-order valence-electron chi connectivity index (χ4n) is 2.44. The molecule has 3 aromatic rings. The molecule has 0 bridgehead atoms. The number of hydrogen-bond acceptors (Lipinski definition) is 4. The third-order valence-electron chi connectivity index (χ3n) is 3.59. The molecule has 128 valence electrons. The van der Waals surface area contributed by atoms with E-state index in [0.29, 0.717) is 35.3 Å². The molecule has 2 aromatic carbocycles. The predicted octanol–water partition coefficient (Wildman–Crippen LogP) is 4.98. The number of aryl methyl sites for hydroxylation is 1. The predicted molar refractivity (Wildman–Crippen MR) is 100 cm³/mol. The summed E-state index contributed by atoms with van der Waals surface area (Å²) in [6, 6.07) is 16.0. The fourth-order valence-corrected chi connectivity index (χ4v) is 2.63. The molecule has 0 saturated heterocycles. The molecule has 0 amide bonds. The molecule has 4 nitrogen and oxygen atoms in total. The Bertz CT molecular complexity index is 870. The van der Waals surface area contributed by atoms with E-state index in [2.05, 4.69) is 20.6 Å². The van der Waals surface area contributed by atoms with Crippen molar-refractivity contribution in [2.24, 2.45) is 0 Å². The number of hydrogen-bond donors (Lipinski definition) is 2. The van der Waals surface area contributed by atoms with Crippen LogP contribution in [0, 0.1) is 12.7 Å². The Labute approximate surface area is 151 Å². The molecule has 25 heavy (non-hydrogen) atoms. The Morgan fingerprint density at radius 3 is 2.68 bits per heavy atom. The summed E-state index contributed by atoms with van der Waals surface area (Å²) in [4.78, 5) is 8.81. The maximum atomic E-state index is 13.6. The second-order valence-corrected chi connectivity index (χ2v) is 6.06. The number of nitrogens with one attached hydrogen (secondary N) is 2. The van der Waals surface area contributed by atoms with Gasteiger partial charge in [-0.15, -0.1) is 0 Å². The lowest BCUT2D eigenvalue weighted by Gasteiger charge is -2.10. The van der Waals surface area contributed by atoms with Crippen LogP contribution in [0.4, 0.5) is 21.8 Å². The van der Waals surface area contributed by atoms with Gasteiger partial charge in [-0.1, -0.05) is 35.9 Å². The fraction of sp³-hybridized carbons (Fsp3) is 0.158. The maximum absolute atomic E-state index is 13.6. The van der Waals surface area contributed by atoms with Crippen molar-refractivity contribution in [1.29, 1.82) is 0 Å². The quantitative estimate of drug-likeness (QED) is 0.654. The molecule has 0 saturated carbocycles. The van der Waals surface area contributed by atoms with Gasteiger partial charge in [0, 0.05) is 29.0 Å². The molecule has 6 heteroatoms. The van der Waals surface area contributed by atoms with Gasteiger partial charge in [0.25, 0.3) is 0 Å². The van der Waals surface area contributed by atoms with Crippen molar-refractivity contribution < 1.29 is 4.39 Å². The monoisotopic (exact) mass is 356 g/mol. The zero-order valence-electron chi connectivity index (χ0n) is 13.8. The average molecular weight is 357 g/mol. The summed E-state index contributed by atoms with van der Waals surface area (Å²) in [6.07, 6.45) is 0.557. The normalized spacial score (nSPS) is 10.5. The van der Waals surface area contributed by atoms with Crippen LogP contribution < -0.4 is 10.6 Å². The molecule has 1 heterocycles. The molecule has 0 radical (unpaired) electrons. The summed E-state index contributed by atoms with van der Waals surface area (Å²) in [5.74, 6) is 0.974. The maximum Gasteiger partial charge on any atom is 0.224 e. The van der Waals surface area contributed by atoms with Crippen LogP contribution in [-0.4, -0.2) is 16.5 Å². The molecule has 0 unspecified atom stereocenters. The zero-order valence-corrected chi connectivity index (χ0v) is 14.5. The van der Waals surface area contributed by atoms with Crippen LogP contribution in [0.1, 0.15) is 11.3 Å². The smallest absolute Gasteiger partial charge is 0.224 e. The van der Waals surface area contributed by atoms with E-state index in [1.54, 1.807) is 12.1 Å². The van der Waals surface area contributed by atoms with Crippen LogP contribution >= 0.6 is 11.6 Å². The average Bonchev–Trinajstić information content (AvgIpc) is 2.56. The molecule has 2 N–H and O–H groups in total. The highest BCUT2D eigenvalue weighted by molar-refractivity contribution is 6.30. The van der Waals surface area contributed by atoms with Crippen molar-refractivity contribution in [2.45, 2.75) is 13.3 Å². The SMILES string of the molecule is Cc1cc(Nc2cccc(Cl)c2)nc(NCCc2ccccc2F)n1. The minimum Gasteiger partial charge on any atom is -0.354 e. The first-order valence-electron chi connectivity index (χ1n) is 7.96. The van der Waals surface area contributed by atoms with Crippen molar-refractivity contribution in [3.05, 3.63) is 76.7 Å². The van der Waals surface area contributed by atoms with Gasteiger partial charge in [0.05, 0.1) is 0 Å². The van der Waals surface area contributed by atoms with Gasteiger partial charge in [-0.3, -0.25) is 0 Å². The first-order valence-corrected chi connectivity index (χ1v) is 8.33. The van der Waals surface area contributed by atoms with Crippen molar-refractivity contribution in [3.8, 4) is 0 Å². The summed E-state index contributed by atoms with van der Waals surface area (Å²) < 4.78 is 13.6. The Hall–Kier alpha value is -2.66. The highest BCUT2D eigenvalue weighted by Crippen LogP contribution is 2.20. The Morgan fingerprint density at radius 1 is 1.04 bits per heavy atom. The van der Waals surface area contributed by atoms with Crippen molar-refractivity contribution >= 4 is 29.1 Å². The number of anilines is 3. The van der Waals surface area contributed by atoms with Gasteiger partial charge in [-0.25, -0.2) is 9.37 Å². The third kappa shape index (κ3) is 4.90. The summed E-state index contributed by atoms with van der Waals surface area (Å²) >= 11 is 6.00. The van der Waals surface area contributed by atoms with Gasteiger partial charge in [0.2, 0.25) is 5.95 Å². The summed E-state index contributed by atoms with van der Waals surface area (Å²) in [6.45, 7) is 2.44. The molecule has 0 aliphatic heterocycles. The first-order chi connectivity index (χ1) is 12.1. The van der Waals surface area contributed by atoms with E-state index in [-0.39, 0.29) is 5.82 Å². The number of rotatable bonds is 6. The van der Waals surface area contributed by atoms with E-state index in [1.165, 1.54) is 6.07 Å². The molecule has 0 atom stereocenters. The molecule has 1 aromatic heterocycles. The lowest BCUT2D eigenvalue weighted by Crippen LogP contribution is -2.10. The Kier molecular flexibility index (Phi) is 5.46. The topological polar surface area (TPSA) is 49.8 Å². The summed E-state index contributed by atoms with van der Waals surface area (Å²) in [7, 11) is 0. The third-order valence-corrected chi connectivity index (χ3v) is 3.82. The lowest BCUT2D eigenvalue weighted by molar-refractivity contribution is 0.610. The highest BCUT2D eigenvalue weighted by Gasteiger charge is 2.05. The first kappa shape index (κ1) is 17.2. The molecule has 0 spiro atoms. The molecule has 3 rings (SSSR count).